The van der Waals surface area contributed by atoms with Crippen LogP contribution in [-0.2, 0) is 6.42 Å². The van der Waals surface area contributed by atoms with Crippen LogP contribution in [0.1, 0.15) is 48.3 Å². The lowest BCUT2D eigenvalue weighted by molar-refractivity contribution is 0.102. The summed E-state index contributed by atoms with van der Waals surface area (Å²) in [5.74, 6) is 3.41. The molecule has 6 nitrogen and oxygen atoms in total. The van der Waals surface area contributed by atoms with Crippen molar-refractivity contribution in [2.24, 2.45) is 5.92 Å². The maximum absolute atomic E-state index is 12.3. The third kappa shape index (κ3) is 3.98. The number of nitrogens with zero attached hydrogens (tertiary/aromatic N) is 2. The topological polar surface area (TPSA) is 77.1 Å². The van der Waals surface area contributed by atoms with E-state index in [9.17, 15) is 4.79 Å². The summed E-state index contributed by atoms with van der Waals surface area (Å²) in [4.78, 5) is 16.8. The first-order valence-electron chi connectivity index (χ1n) is 8.75. The van der Waals surface area contributed by atoms with Gasteiger partial charge >= 0.3 is 0 Å². The molecule has 1 aliphatic carbocycles. The van der Waals surface area contributed by atoms with E-state index < -0.39 is 0 Å². The number of carbonyl (C=O) groups excluding carboxylic acids is 1. The van der Waals surface area contributed by atoms with Crippen LogP contribution in [0.2, 0.25) is 0 Å². The zero-order valence-electron chi connectivity index (χ0n) is 14.0. The summed E-state index contributed by atoms with van der Waals surface area (Å²) in [5, 5.41) is 7.85. The second-order valence-corrected chi connectivity index (χ2v) is 7.48. The number of aryl methyl sites for hydroxylation is 1. The molecule has 0 spiro atoms. The van der Waals surface area contributed by atoms with Gasteiger partial charge in [-0.3, -0.25) is 9.89 Å². The standard InChI is InChI=1S/C18H21N3O3S/c22-14(13-6-7-15-16(9-13)24-11-23-15)10-25-18-19-17(20-21-18)8-5-12-3-1-2-4-12/h6-7,9,12H,1-5,8,10-11H2,(H,19,20,21). The average molecular weight is 359 g/mol. The van der Waals surface area contributed by atoms with Gasteiger partial charge in [-0.1, -0.05) is 37.4 Å². The number of hydrogen-bond donors (Lipinski definition) is 1. The van der Waals surface area contributed by atoms with Crippen molar-refractivity contribution in [3.63, 3.8) is 0 Å². The molecule has 0 amide bonds. The fraction of sp³-hybridized carbons (Fsp3) is 0.500. The number of rotatable bonds is 7. The zero-order chi connectivity index (χ0) is 17.1. The predicted octanol–water partition coefficient (Wildman–Crippen LogP) is 3.63. The molecular weight excluding hydrogens is 338 g/mol. The Hall–Kier alpha value is -2.02. The fourth-order valence-corrected chi connectivity index (χ4v) is 4.09. The smallest absolute Gasteiger partial charge is 0.231 e. The number of benzene rings is 1. The molecule has 25 heavy (non-hydrogen) atoms. The van der Waals surface area contributed by atoms with Crippen LogP contribution in [0.3, 0.4) is 0 Å². The lowest BCUT2D eigenvalue weighted by Gasteiger charge is -2.05. The molecule has 1 aromatic heterocycles. The summed E-state index contributed by atoms with van der Waals surface area (Å²) >= 11 is 1.36. The number of hydrogen-bond acceptors (Lipinski definition) is 6. The lowest BCUT2D eigenvalue weighted by Crippen LogP contribution is -2.02. The quantitative estimate of drug-likeness (QED) is 0.601. The molecule has 0 saturated heterocycles. The Morgan fingerprint density at radius 3 is 2.96 bits per heavy atom. The van der Waals surface area contributed by atoms with Crippen LogP contribution in [0.4, 0.5) is 0 Å². The highest BCUT2D eigenvalue weighted by Gasteiger charge is 2.18. The van der Waals surface area contributed by atoms with E-state index in [1.54, 1.807) is 18.2 Å². The van der Waals surface area contributed by atoms with Gasteiger partial charge < -0.3 is 9.47 Å². The van der Waals surface area contributed by atoms with Crippen LogP contribution in [0.25, 0.3) is 0 Å². The zero-order valence-corrected chi connectivity index (χ0v) is 14.8. The molecule has 2 aromatic rings. The minimum Gasteiger partial charge on any atom is -0.454 e. The van der Waals surface area contributed by atoms with Crippen molar-refractivity contribution >= 4 is 17.5 Å². The summed E-state index contributed by atoms with van der Waals surface area (Å²) in [5.41, 5.74) is 0.619. The van der Waals surface area contributed by atoms with Gasteiger partial charge in [0.1, 0.15) is 5.82 Å². The van der Waals surface area contributed by atoms with Gasteiger partial charge in [0.15, 0.2) is 17.3 Å². The summed E-state index contributed by atoms with van der Waals surface area (Å²) in [6, 6.07) is 5.27. The van der Waals surface area contributed by atoms with Gasteiger partial charge in [0.05, 0.1) is 5.75 Å². The maximum atomic E-state index is 12.3. The number of nitrogens with one attached hydrogen (secondary N) is 1. The lowest BCUT2D eigenvalue weighted by atomic mass is 10.0. The summed E-state index contributed by atoms with van der Waals surface area (Å²) in [7, 11) is 0. The molecule has 0 radical (unpaired) electrons. The molecule has 2 aliphatic rings. The van der Waals surface area contributed by atoms with Gasteiger partial charge in [-0.2, -0.15) is 0 Å². The molecule has 7 heteroatoms. The number of Topliss-reactive ketones (excluding diaryl/α,β-unsaturated/α-hetero) is 1. The summed E-state index contributed by atoms with van der Waals surface area (Å²) in [6.07, 6.45) is 7.54. The third-order valence-corrected chi connectivity index (χ3v) is 5.65. The van der Waals surface area contributed by atoms with Crippen LogP contribution in [-0.4, -0.2) is 33.5 Å². The molecule has 4 rings (SSSR count). The van der Waals surface area contributed by atoms with Gasteiger partial charge in [-0.25, -0.2) is 4.98 Å². The van der Waals surface area contributed by atoms with Gasteiger partial charge in [-0.15, -0.1) is 5.10 Å². The molecule has 0 atom stereocenters. The molecular formula is C18H21N3O3S. The van der Waals surface area contributed by atoms with E-state index in [4.69, 9.17) is 9.47 Å². The number of carbonyl (C=O) groups is 1. The molecule has 1 fully saturated rings. The molecule has 0 unspecified atom stereocenters. The van der Waals surface area contributed by atoms with Crippen molar-refractivity contribution in [3.8, 4) is 11.5 Å². The number of aromatic nitrogens is 3. The predicted molar refractivity (Wildman–Crippen MR) is 94.3 cm³/mol. The monoisotopic (exact) mass is 359 g/mol. The van der Waals surface area contributed by atoms with E-state index in [1.165, 1.54) is 43.9 Å². The van der Waals surface area contributed by atoms with Crippen molar-refractivity contribution < 1.29 is 14.3 Å². The molecule has 1 N–H and O–H groups in total. The van der Waals surface area contributed by atoms with Crippen LogP contribution in [0, 0.1) is 5.92 Å². The molecule has 2 heterocycles. The highest BCUT2D eigenvalue weighted by atomic mass is 32.2. The van der Waals surface area contributed by atoms with Crippen molar-refractivity contribution in [1.82, 2.24) is 15.2 Å². The summed E-state index contributed by atoms with van der Waals surface area (Å²) < 4.78 is 10.6. The summed E-state index contributed by atoms with van der Waals surface area (Å²) in [6.45, 7) is 0.211. The Bertz CT molecular complexity index is 756. The third-order valence-electron chi connectivity index (χ3n) is 4.80. The van der Waals surface area contributed by atoms with Gasteiger partial charge in [0.25, 0.3) is 0 Å². The van der Waals surface area contributed by atoms with Crippen LogP contribution < -0.4 is 9.47 Å². The Morgan fingerprint density at radius 2 is 2.08 bits per heavy atom. The Balaban J connectivity index is 1.28. The van der Waals surface area contributed by atoms with Crippen molar-refractivity contribution in [3.05, 3.63) is 29.6 Å². The van der Waals surface area contributed by atoms with E-state index in [0.717, 1.165) is 18.2 Å². The minimum atomic E-state index is 0.0283. The van der Waals surface area contributed by atoms with Crippen LogP contribution in [0.5, 0.6) is 11.5 Å². The Morgan fingerprint density at radius 1 is 1.24 bits per heavy atom. The molecule has 0 bridgehead atoms. The second-order valence-electron chi connectivity index (χ2n) is 6.53. The van der Waals surface area contributed by atoms with Gasteiger partial charge in [0, 0.05) is 12.0 Å². The van der Waals surface area contributed by atoms with Crippen LogP contribution >= 0.6 is 11.8 Å². The van der Waals surface area contributed by atoms with E-state index >= 15 is 0 Å². The minimum absolute atomic E-state index is 0.0283. The Kier molecular flexibility index (Phi) is 4.92. The van der Waals surface area contributed by atoms with Crippen molar-refractivity contribution in [2.75, 3.05) is 12.5 Å². The first-order valence-corrected chi connectivity index (χ1v) is 9.73. The Labute approximate surface area is 150 Å². The molecule has 132 valence electrons. The highest BCUT2D eigenvalue weighted by Crippen LogP contribution is 2.33. The van der Waals surface area contributed by atoms with Crippen molar-refractivity contribution in [1.29, 1.82) is 0 Å². The van der Waals surface area contributed by atoms with E-state index in [-0.39, 0.29) is 12.6 Å². The number of H-pyrrole nitrogens is 1. The maximum Gasteiger partial charge on any atom is 0.231 e. The highest BCUT2D eigenvalue weighted by molar-refractivity contribution is 7.99. The second kappa shape index (κ2) is 7.47. The number of ether oxygens (including phenoxy) is 2. The van der Waals surface area contributed by atoms with Gasteiger partial charge in [0.2, 0.25) is 11.9 Å². The van der Waals surface area contributed by atoms with E-state index in [0.29, 0.717) is 28.0 Å². The van der Waals surface area contributed by atoms with E-state index in [1.807, 2.05) is 0 Å². The number of ketones is 1. The number of thioether (sulfide) groups is 1. The molecule has 1 aliphatic heterocycles. The normalized spacial score (nSPS) is 16.5. The first-order chi connectivity index (χ1) is 12.3. The average Bonchev–Trinajstić information content (AvgIpc) is 3.38. The van der Waals surface area contributed by atoms with Crippen LogP contribution in [0.15, 0.2) is 23.4 Å². The number of fused-ring (bicyclic) bond motifs is 1. The first kappa shape index (κ1) is 16.4. The van der Waals surface area contributed by atoms with E-state index in [2.05, 4.69) is 15.2 Å². The number of aromatic amines is 1. The fourth-order valence-electron chi connectivity index (χ4n) is 3.38. The largest absolute Gasteiger partial charge is 0.454 e. The molecule has 1 aromatic carbocycles. The SMILES string of the molecule is O=C(CSc1n[nH]c(CCC2CCCC2)n1)c1ccc2c(c1)OCO2. The molecule has 1 saturated carbocycles. The van der Waals surface area contributed by atoms with Gasteiger partial charge in [-0.05, 0) is 30.5 Å². The van der Waals surface area contributed by atoms with Crippen molar-refractivity contribution in [2.45, 2.75) is 43.7 Å².